The van der Waals surface area contributed by atoms with Gasteiger partial charge in [-0.3, -0.25) is 0 Å². The zero-order valence-corrected chi connectivity index (χ0v) is 40.8. The van der Waals surface area contributed by atoms with Gasteiger partial charge in [0, 0.05) is 0 Å². The van der Waals surface area contributed by atoms with Gasteiger partial charge in [-0.15, -0.1) is 0 Å². The Bertz CT molecular complexity index is 2040. The van der Waals surface area contributed by atoms with Crippen molar-refractivity contribution < 1.29 is 10.2 Å². The second-order valence-electron chi connectivity index (χ2n) is 17.1. The van der Waals surface area contributed by atoms with E-state index in [1.165, 1.54) is 147 Å². The monoisotopic (exact) mass is 1000 g/mol. The Morgan fingerprint density at radius 3 is 1.22 bits per heavy atom. The number of hydrogen-bond donors (Lipinski definition) is 0. The van der Waals surface area contributed by atoms with Gasteiger partial charge in [0.15, 0.2) is 0 Å². The van der Waals surface area contributed by atoms with Crippen LogP contribution in [0.3, 0.4) is 0 Å². The third-order valence-corrected chi connectivity index (χ3v) is 52.2. The zero-order valence-electron chi connectivity index (χ0n) is 33.4. The predicted octanol–water partition coefficient (Wildman–Crippen LogP) is 15.7. The van der Waals surface area contributed by atoms with Gasteiger partial charge in [-0.1, -0.05) is 0 Å². The Balaban J connectivity index is 1.88. The topological polar surface area (TPSA) is 9.86 Å². The molecule has 7 rings (SSSR count). The summed E-state index contributed by atoms with van der Waals surface area (Å²) in [6.45, 7) is 13.6. The molecule has 0 unspecified atom stereocenters. The molecular weight excluding hydrogens is 943 g/mol. The molecule has 3 aromatic carbocycles. The first-order chi connectivity index (χ1) is 25.8. The van der Waals surface area contributed by atoms with E-state index in [1.807, 2.05) is 0 Å². The van der Waals surface area contributed by atoms with Gasteiger partial charge in [0.25, 0.3) is 0 Å². The van der Waals surface area contributed by atoms with Gasteiger partial charge in [0.1, 0.15) is 0 Å². The van der Waals surface area contributed by atoms with Crippen LogP contribution in [0, 0.1) is 45.6 Å². The average molecular weight is 1010 g/mol. The summed E-state index contributed by atoms with van der Waals surface area (Å²) in [4.78, 5) is 0. The number of benzene rings is 3. The van der Waals surface area contributed by atoms with Crippen molar-refractivity contribution in [2.24, 2.45) is 0 Å². The summed E-state index contributed by atoms with van der Waals surface area (Å²) in [5, 5.41) is 0. The molecule has 3 saturated carbocycles. The van der Waals surface area contributed by atoms with Gasteiger partial charge in [-0.25, -0.2) is 0 Å². The van der Waals surface area contributed by atoms with Crippen LogP contribution in [0.2, 0.25) is 0 Å². The number of halogens is 4. The fraction of sp³-hybridized carbons (Fsp3) is 0.522. The standard InChI is InChI=1S/C21H22Br2N2.C18H33P.C7H6.2ClH.Ru/c1-12-7-14(3)18(15(4)8-12)24-11-25(21(23)20(24)22)19-16(5)9-13(2)10-17(19)6;1-4-10-16(11-5-1)19(17-12-6-2-7-13-17)18-14-8-3-9-15-18;1-7-5-3-2-4-6-7;;;/h7-10H,1-6H3;16-18H,1-15H2;1-6H;2*1H;/q;;;;;+1/p-1. The van der Waals surface area contributed by atoms with Crippen molar-refractivity contribution >= 4 is 61.4 Å². The van der Waals surface area contributed by atoms with Gasteiger partial charge in [0.05, 0.1) is 0 Å². The summed E-state index contributed by atoms with van der Waals surface area (Å²) in [5.41, 5.74) is 10.2. The second-order valence-corrected chi connectivity index (χ2v) is 46.6. The van der Waals surface area contributed by atoms with E-state index in [-0.39, 0.29) is 0 Å². The molecule has 1 aromatic heterocycles. The molecular formula is C46H62Br2Cl2N2PRu. The number of aromatic nitrogens is 2. The van der Waals surface area contributed by atoms with Crippen LogP contribution in [0.5, 0.6) is 0 Å². The third kappa shape index (κ3) is 7.10. The van der Waals surface area contributed by atoms with Crippen LogP contribution in [0.1, 0.15) is 135 Å². The van der Waals surface area contributed by atoms with Crippen LogP contribution in [-0.4, -0.2) is 30.7 Å². The SMILES string of the molecule is Cc1cc(C)c(-n2c(Br)c(Br)n(-c3c(C)cc(C)cc3C)[c]2=[Ru]([Cl])([Cl])(=[CH]c2ccccc2)[PH](C2CCCCC2)(C2CCCCC2)C2CCCCC2)c(C)c1. The number of rotatable bonds is 7. The van der Waals surface area contributed by atoms with E-state index >= 15 is 0 Å². The molecule has 3 aliphatic carbocycles. The molecule has 3 fully saturated rings. The van der Waals surface area contributed by atoms with E-state index in [2.05, 4.69) is 142 Å². The predicted molar refractivity (Wildman–Crippen MR) is 244 cm³/mol. The average Bonchev–Trinajstić information content (AvgIpc) is 3.39. The fourth-order valence-electron chi connectivity index (χ4n) is 11.6. The molecule has 8 heteroatoms. The summed E-state index contributed by atoms with van der Waals surface area (Å²) in [7, 11) is 14.1. The Morgan fingerprint density at radius 1 is 0.556 bits per heavy atom. The molecule has 4 aromatic rings. The van der Waals surface area contributed by atoms with E-state index < -0.39 is 15.8 Å². The van der Waals surface area contributed by atoms with E-state index in [1.54, 1.807) is 0 Å². The van der Waals surface area contributed by atoms with Crippen molar-refractivity contribution in [3.8, 4) is 11.4 Å². The van der Waals surface area contributed by atoms with Crippen molar-refractivity contribution in [1.82, 2.24) is 9.13 Å². The van der Waals surface area contributed by atoms with Crippen molar-refractivity contribution in [2.75, 3.05) is 0 Å². The Morgan fingerprint density at radius 2 is 0.889 bits per heavy atom. The first kappa shape index (κ1) is 41.5. The summed E-state index contributed by atoms with van der Waals surface area (Å²) in [6, 6.07) is 20.5. The van der Waals surface area contributed by atoms with Crippen LogP contribution in [0.4, 0.5) is 0 Å². The van der Waals surface area contributed by atoms with Crippen LogP contribution < -0.4 is 0 Å². The van der Waals surface area contributed by atoms with Crippen LogP contribution in [0.15, 0.2) is 63.8 Å². The zero-order chi connectivity index (χ0) is 38.4. The first-order valence-corrected chi connectivity index (χ1v) is 33.2. The van der Waals surface area contributed by atoms with Crippen molar-refractivity contribution in [3.05, 3.63) is 107 Å². The van der Waals surface area contributed by atoms with Crippen molar-refractivity contribution in [1.29, 1.82) is 0 Å². The minimum absolute atomic E-state index is 0.604. The quantitative estimate of drug-likeness (QED) is 0.129. The molecule has 0 N–H and O–H groups in total. The van der Waals surface area contributed by atoms with E-state index in [0.29, 0.717) is 17.0 Å². The number of nitrogens with zero attached hydrogens (tertiary/aromatic N) is 2. The van der Waals surface area contributed by atoms with Gasteiger partial charge >= 0.3 is 354 Å². The molecule has 0 atom stereocenters. The molecule has 0 radical (unpaired) electrons. The molecule has 2 nitrogen and oxygen atoms in total. The molecule has 1 heterocycles. The minimum atomic E-state index is -5.10. The van der Waals surface area contributed by atoms with E-state index in [9.17, 15) is 19.4 Å². The van der Waals surface area contributed by atoms with Gasteiger partial charge in [-0.05, 0) is 0 Å². The Kier molecular flexibility index (Phi) is 12.7. The normalized spacial score (nSPS) is 19.4. The van der Waals surface area contributed by atoms with E-state index in [0.717, 1.165) is 13.2 Å². The third-order valence-electron chi connectivity index (χ3n) is 13.2. The maximum atomic E-state index is 9.61. The molecule has 0 saturated heterocycles. The molecule has 3 aliphatic rings. The van der Waals surface area contributed by atoms with Gasteiger partial charge in [-0.2, -0.15) is 0 Å². The molecule has 297 valence electrons. The summed E-state index contributed by atoms with van der Waals surface area (Å²) >= 11 is 8.60. The number of aryl methyl sites for hydroxylation is 6. The van der Waals surface area contributed by atoms with Crippen LogP contribution in [0.25, 0.3) is 11.4 Å². The van der Waals surface area contributed by atoms with Crippen LogP contribution >= 0.6 is 56.8 Å². The fourth-order valence-corrected chi connectivity index (χ4v) is 60.0. The molecule has 0 amide bonds. The van der Waals surface area contributed by atoms with E-state index in [4.69, 9.17) is 0 Å². The molecule has 54 heavy (non-hydrogen) atoms. The summed E-state index contributed by atoms with van der Waals surface area (Å²) in [6.07, 6.45) is 19.5. The van der Waals surface area contributed by atoms with Crippen molar-refractivity contribution in [3.63, 3.8) is 0 Å². The second kappa shape index (κ2) is 16.5. The maximum absolute atomic E-state index is 9.61. The Labute approximate surface area is 350 Å². The summed E-state index contributed by atoms with van der Waals surface area (Å²) in [5.74, 6) is 0. The molecule has 0 bridgehead atoms. The summed E-state index contributed by atoms with van der Waals surface area (Å²) < 4.78 is 10.9. The first-order valence-electron chi connectivity index (χ1n) is 20.6. The molecule has 0 aliphatic heterocycles. The number of imidazole rings is 1. The Hall–Kier alpha value is -0.667. The van der Waals surface area contributed by atoms with Crippen LogP contribution in [-0.2, 0) is 10.2 Å². The van der Waals surface area contributed by atoms with Gasteiger partial charge in [0.2, 0.25) is 0 Å². The molecule has 0 spiro atoms. The number of hydrogen-bond acceptors (Lipinski definition) is 0. The van der Waals surface area contributed by atoms with Crippen molar-refractivity contribution in [2.45, 2.75) is 155 Å². The van der Waals surface area contributed by atoms with Gasteiger partial charge < -0.3 is 0 Å².